The van der Waals surface area contributed by atoms with Gasteiger partial charge >= 0.3 is 0 Å². The molecule has 0 amide bonds. The van der Waals surface area contributed by atoms with Crippen molar-refractivity contribution in [2.45, 2.75) is 46.6 Å². The van der Waals surface area contributed by atoms with Crippen molar-refractivity contribution in [3.8, 4) is 0 Å². The highest BCUT2D eigenvalue weighted by molar-refractivity contribution is 7.59. The molecule has 0 aliphatic rings. The van der Waals surface area contributed by atoms with Crippen LogP contribution in [0.1, 0.15) is 38.3 Å². The van der Waals surface area contributed by atoms with Crippen LogP contribution in [0.2, 0.25) is 0 Å². The molecule has 1 rings (SSSR count). The van der Waals surface area contributed by atoms with Gasteiger partial charge in [0.1, 0.15) is 0 Å². The number of anilines is 1. The van der Waals surface area contributed by atoms with Crippen LogP contribution in [0.15, 0.2) is 18.2 Å². The Morgan fingerprint density at radius 3 is 2.47 bits per heavy atom. The van der Waals surface area contributed by atoms with Crippen LogP contribution in [-0.4, -0.2) is 6.04 Å². The SMILES string of the molecule is CCc1cccc(C)c1N[C@@H](C)CC.S. The molecule has 1 aromatic rings. The predicted molar refractivity (Wildman–Crippen MR) is 74.3 cm³/mol. The Morgan fingerprint density at radius 2 is 1.93 bits per heavy atom. The highest BCUT2D eigenvalue weighted by Gasteiger charge is 2.05. The Balaban J connectivity index is 0.00000196. The molecule has 1 nitrogen and oxygen atoms in total. The lowest BCUT2D eigenvalue weighted by Crippen LogP contribution is -2.15. The normalized spacial score (nSPS) is 11.7. The van der Waals surface area contributed by atoms with Crippen molar-refractivity contribution in [2.75, 3.05) is 5.32 Å². The summed E-state index contributed by atoms with van der Waals surface area (Å²) in [6, 6.07) is 7.07. The quantitative estimate of drug-likeness (QED) is 0.820. The molecule has 86 valence electrons. The monoisotopic (exact) mass is 225 g/mol. The van der Waals surface area contributed by atoms with E-state index in [1.165, 1.54) is 16.8 Å². The minimum atomic E-state index is 0. The van der Waals surface area contributed by atoms with E-state index >= 15 is 0 Å². The molecule has 0 saturated carbocycles. The van der Waals surface area contributed by atoms with Crippen LogP contribution in [-0.2, 0) is 6.42 Å². The molecule has 1 atom stereocenters. The van der Waals surface area contributed by atoms with E-state index in [2.05, 4.69) is 51.2 Å². The summed E-state index contributed by atoms with van der Waals surface area (Å²) in [6.45, 7) is 8.81. The summed E-state index contributed by atoms with van der Waals surface area (Å²) in [5.74, 6) is 0. The van der Waals surface area contributed by atoms with Gasteiger partial charge in [0.15, 0.2) is 0 Å². The molecule has 1 N–H and O–H groups in total. The van der Waals surface area contributed by atoms with Crippen LogP contribution in [0.5, 0.6) is 0 Å². The predicted octanol–water partition coefficient (Wildman–Crippen LogP) is 3.88. The molecule has 0 aromatic heterocycles. The summed E-state index contributed by atoms with van der Waals surface area (Å²) in [7, 11) is 0. The second-order valence-electron chi connectivity index (χ2n) is 3.92. The lowest BCUT2D eigenvalue weighted by atomic mass is 10.0. The van der Waals surface area contributed by atoms with Crippen molar-refractivity contribution in [2.24, 2.45) is 0 Å². The summed E-state index contributed by atoms with van der Waals surface area (Å²) in [5.41, 5.74) is 4.11. The molecule has 0 aliphatic carbocycles. The van der Waals surface area contributed by atoms with Crippen molar-refractivity contribution in [1.82, 2.24) is 0 Å². The van der Waals surface area contributed by atoms with Crippen LogP contribution < -0.4 is 5.32 Å². The number of para-hydroxylation sites is 1. The average molecular weight is 225 g/mol. The van der Waals surface area contributed by atoms with Gasteiger partial charge in [0.25, 0.3) is 0 Å². The standard InChI is InChI=1S/C13H21N.H2S/c1-5-11(4)14-13-10(3)8-7-9-12(13)6-2;/h7-9,11,14H,5-6H2,1-4H3;1H2/t11-;/m0./s1. The minimum absolute atomic E-state index is 0. The highest BCUT2D eigenvalue weighted by Crippen LogP contribution is 2.22. The van der Waals surface area contributed by atoms with E-state index in [0.717, 1.165) is 12.8 Å². The van der Waals surface area contributed by atoms with Gasteiger partial charge in [-0.1, -0.05) is 32.0 Å². The second-order valence-corrected chi connectivity index (χ2v) is 3.92. The molecule has 0 unspecified atom stereocenters. The minimum Gasteiger partial charge on any atom is -0.382 e. The van der Waals surface area contributed by atoms with Crippen molar-refractivity contribution in [3.05, 3.63) is 29.3 Å². The van der Waals surface area contributed by atoms with Crippen LogP contribution in [0, 0.1) is 6.92 Å². The van der Waals surface area contributed by atoms with E-state index in [1.54, 1.807) is 0 Å². The van der Waals surface area contributed by atoms with Crippen molar-refractivity contribution in [1.29, 1.82) is 0 Å². The van der Waals surface area contributed by atoms with E-state index in [1.807, 2.05) is 0 Å². The number of hydrogen-bond acceptors (Lipinski definition) is 1. The fourth-order valence-corrected chi connectivity index (χ4v) is 1.58. The summed E-state index contributed by atoms with van der Waals surface area (Å²) in [6.07, 6.45) is 2.26. The number of rotatable bonds is 4. The van der Waals surface area contributed by atoms with Crippen molar-refractivity contribution in [3.63, 3.8) is 0 Å². The van der Waals surface area contributed by atoms with E-state index in [0.29, 0.717) is 6.04 Å². The van der Waals surface area contributed by atoms with Gasteiger partial charge in [-0.05, 0) is 37.8 Å². The van der Waals surface area contributed by atoms with E-state index in [-0.39, 0.29) is 13.5 Å². The van der Waals surface area contributed by atoms with Gasteiger partial charge in [0.2, 0.25) is 0 Å². The average Bonchev–Trinajstić information content (AvgIpc) is 2.20. The van der Waals surface area contributed by atoms with Gasteiger partial charge in [-0.2, -0.15) is 13.5 Å². The largest absolute Gasteiger partial charge is 0.382 e. The molecule has 0 spiro atoms. The van der Waals surface area contributed by atoms with Crippen LogP contribution in [0.3, 0.4) is 0 Å². The molecule has 0 aliphatic heterocycles. The lowest BCUT2D eigenvalue weighted by molar-refractivity contribution is 0.761. The topological polar surface area (TPSA) is 12.0 Å². The molecule has 0 fully saturated rings. The van der Waals surface area contributed by atoms with Crippen molar-refractivity contribution < 1.29 is 0 Å². The molecule has 0 radical (unpaired) electrons. The first-order chi connectivity index (χ1) is 6.69. The first-order valence-corrected chi connectivity index (χ1v) is 5.54. The summed E-state index contributed by atoms with van der Waals surface area (Å²) in [5, 5.41) is 3.58. The van der Waals surface area contributed by atoms with E-state index in [9.17, 15) is 0 Å². The third kappa shape index (κ3) is 3.78. The first-order valence-electron chi connectivity index (χ1n) is 5.54. The maximum absolute atomic E-state index is 3.58. The van der Waals surface area contributed by atoms with Crippen LogP contribution in [0.4, 0.5) is 5.69 Å². The smallest absolute Gasteiger partial charge is 0.0404 e. The number of hydrogen-bond donors (Lipinski definition) is 1. The zero-order chi connectivity index (χ0) is 10.6. The Kier molecular flexibility index (Phi) is 6.50. The number of aryl methyl sites for hydroxylation is 2. The molecule has 0 bridgehead atoms. The van der Waals surface area contributed by atoms with Gasteiger partial charge in [-0.3, -0.25) is 0 Å². The zero-order valence-electron chi connectivity index (χ0n) is 10.2. The maximum Gasteiger partial charge on any atom is 0.0404 e. The molecule has 15 heavy (non-hydrogen) atoms. The van der Waals surface area contributed by atoms with Gasteiger partial charge in [-0.25, -0.2) is 0 Å². The zero-order valence-corrected chi connectivity index (χ0v) is 11.2. The van der Waals surface area contributed by atoms with Crippen LogP contribution in [0.25, 0.3) is 0 Å². The Hall–Kier alpha value is -0.630. The Labute approximate surface area is 101 Å². The molecule has 1 aromatic carbocycles. The van der Waals surface area contributed by atoms with E-state index in [4.69, 9.17) is 0 Å². The highest BCUT2D eigenvalue weighted by atomic mass is 32.1. The summed E-state index contributed by atoms with van der Waals surface area (Å²) >= 11 is 0. The van der Waals surface area contributed by atoms with Gasteiger partial charge < -0.3 is 5.32 Å². The number of benzene rings is 1. The Morgan fingerprint density at radius 1 is 1.27 bits per heavy atom. The lowest BCUT2D eigenvalue weighted by Gasteiger charge is -2.18. The third-order valence-electron chi connectivity index (χ3n) is 2.74. The van der Waals surface area contributed by atoms with Gasteiger partial charge in [-0.15, -0.1) is 0 Å². The molecular weight excluding hydrogens is 202 g/mol. The fourth-order valence-electron chi connectivity index (χ4n) is 1.58. The third-order valence-corrected chi connectivity index (χ3v) is 2.74. The second kappa shape index (κ2) is 6.78. The summed E-state index contributed by atoms with van der Waals surface area (Å²) in [4.78, 5) is 0. The van der Waals surface area contributed by atoms with E-state index < -0.39 is 0 Å². The Bertz CT molecular complexity index is 297. The van der Waals surface area contributed by atoms with Gasteiger partial charge in [0.05, 0.1) is 0 Å². The first kappa shape index (κ1) is 14.4. The van der Waals surface area contributed by atoms with Gasteiger partial charge in [0, 0.05) is 11.7 Å². The molecular formula is C13H23NS. The molecule has 0 heterocycles. The molecule has 2 heteroatoms. The maximum atomic E-state index is 3.58. The fraction of sp³-hybridized carbons (Fsp3) is 0.538. The summed E-state index contributed by atoms with van der Waals surface area (Å²) < 4.78 is 0. The van der Waals surface area contributed by atoms with Crippen LogP contribution >= 0.6 is 13.5 Å². The number of nitrogens with one attached hydrogen (secondary N) is 1. The van der Waals surface area contributed by atoms with Crippen molar-refractivity contribution >= 4 is 19.2 Å². The molecule has 0 saturated heterocycles.